The SMILES string of the molecule is N#CCC1CCC(NC(=O)Cc2cc[nH]c2)CC1. The van der Waals surface area contributed by atoms with E-state index in [1.165, 1.54) is 0 Å². The Morgan fingerprint density at radius 2 is 2.22 bits per heavy atom. The lowest BCUT2D eigenvalue weighted by atomic mass is 9.84. The van der Waals surface area contributed by atoms with Crippen LogP contribution in [-0.2, 0) is 11.2 Å². The van der Waals surface area contributed by atoms with Gasteiger partial charge in [0.25, 0.3) is 0 Å². The van der Waals surface area contributed by atoms with E-state index >= 15 is 0 Å². The first kappa shape index (κ1) is 12.7. The summed E-state index contributed by atoms with van der Waals surface area (Å²) in [6.45, 7) is 0. The number of aromatic amines is 1. The van der Waals surface area contributed by atoms with E-state index in [4.69, 9.17) is 5.26 Å². The molecule has 0 bridgehead atoms. The van der Waals surface area contributed by atoms with Gasteiger partial charge in [0.1, 0.15) is 0 Å². The molecule has 1 aromatic rings. The number of carbonyl (C=O) groups excluding carboxylic acids is 1. The second-order valence-electron chi connectivity index (χ2n) is 5.04. The molecule has 2 N–H and O–H groups in total. The monoisotopic (exact) mass is 245 g/mol. The summed E-state index contributed by atoms with van der Waals surface area (Å²) in [7, 11) is 0. The van der Waals surface area contributed by atoms with Crippen molar-refractivity contribution in [3.63, 3.8) is 0 Å². The molecule has 96 valence electrons. The Kier molecular flexibility index (Phi) is 4.40. The second-order valence-corrected chi connectivity index (χ2v) is 5.04. The van der Waals surface area contributed by atoms with Crippen molar-refractivity contribution in [1.29, 1.82) is 5.26 Å². The molecule has 2 rings (SSSR count). The van der Waals surface area contributed by atoms with Gasteiger partial charge in [-0.15, -0.1) is 0 Å². The van der Waals surface area contributed by atoms with Crippen LogP contribution in [0.15, 0.2) is 18.5 Å². The van der Waals surface area contributed by atoms with Crippen molar-refractivity contribution in [2.45, 2.75) is 44.6 Å². The van der Waals surface area contributed by atoms with Gasteiger partial charge in [0.05, 0.1) is 12.5 Å². The van der Waals surface area contributed by atoms with Crippen LogP contribution >= 0.6 is 0 Å². The highest BCUT2D eigenvalue weighted by molar-refractivity contribution is 5.78. The topological polar surface area (TPSA) is 68.7 Å². The van der Waals surface area contributed by atoms with Gasteiger partial charge in [-0.2, -0.15) is 5.26 Å². The molecule has 1 fully saturated rings. The van der Waals surface area contributed by atoms with Crippen molar-refractivity contribution >= 4 is 5.91 Å². The summed E-state index contributed by atoms with van der Waals surface area (Å²) in [6, 6.07) is 4.45. The van der Waals surface area contributed by atoms with Crippen molar-refractivity contribution in [3.8, 4) is 6.07 Å². The number of hydrogen-bond donors (Lipinski definition) is 2. The van der Waals surface area contributed by atoms with Gasteiger partial charge in [-0.1, -0.05) is 0 Å². The largest absolute Gasteiger partial charge is 0.367 e. The number of rotatable bonds is 4. The first-order chi connectivity index (χ1) is 8.78. The summed E-state index contributed by atoms with van der Waals surface area (Å²) < 4.78 is 0. The summed E-state index contributed by atoms with van der Waals surface area (Å²) >= 11 is 0. The molecule has 1 saturated carbocycles. The highest BCUT2D eigenvalue weighted by Gasteiger charge is 2.22. The predicted octanol–water partition coefficient (Wildman–Crippen LogP) is 2.15. The maximum absolute atomic E-state index is 11.8. The fourth-order valence-electron chi connectivity index (χ4n) is 2.57. The molecule has 1 aromatic heterocycles. The van der Waals surface area contributed by atoms with Crippen LogP contribution in [0.2, 0.25) is 0 Å². The number of nitrogens with zero attached hydrogens (tertiary/aromatic N) is 1. The Morgan fingerprint density at radius 3 is 2.83 bits per heavy atom. The number of carbonyl (C=O) groups is 1. The lowest BCUT2D eigenvalue weighted by Crippen LogP contribution is -2.38. The Balaban J connectivity index is 1.71. The van der Waals surface area contributed by atoms with Crippen molar-refractivity contribution in [2.24, 2.45) is 5.92 Å². The van der Waals surface area contributed by atoms with Crippen LogP contribution in [0.4, 0.5) is 0 Å². The first-order valence-electron chi connectivity index (χ1n) is 6.56. The summed E-state index contributed by atoms with van der Waals surface area (Å²) in [5, 5.41) is 11.7. The molecule has 4 heteroatoms. The molecule has 0 radical (unpaired) electrons. The maximum atomic E-state index is 11.8. The highest BCUT2D eigenvalue weighted by Crippen LogP contribution is 2.26. The van der Waals surface area contributed by atoms with Crippen molar-refractivity contribution in [2.75, 3.05) is 0 Å². The summed E-state index contributed by atoms with van der Waals surface area (Å²) in [5.41, 5.74) is 1.02. The zero-order chi connectivity index (χ0) is 12.8. The summed E-state index contributed by atoms with van der Waals surface area (Å²) in [6.07, 6.45) is 8.91. The van der Waals surface area contributed by atoms with Crippen LogP contribution in [0.3, 0.4) is 0 Å². The number of H-pyrrole nitrogens is 1. The molecule has 0 saturated heterocycles. The third-order valence-electron chi connectivity index (χ3n) is 3.62. The van der Waals surface area contributed by atoms with Gasteiger partial charge >= 0.3 is 0 Å². The Labute approximate surface area is 107 Å². The minimum Gasteiger partial charge on any atom is -0.367 e. The second kappa shape index (κ2) is 6.25. The summed E-state index contributed by atoms with van der Waals surface area (Å²) in [5.74, 6) is 0.631. The molecule has 0 unspecified atom stereocenters. The molecule has 1 heterocycles. The van der Waals surface area contributed by atoms with Crippen LogP contribution < -0.4 is 5.32 Å². The van der Waals surface area contributed by atoms with Gasteiger partial charge in [-0.3, -0.25) is 4.79 Å². The van der Waals surface area contributed by atoms with Crippen molar-refractivity contribution < 1.29 is 4.79 Å². The van der Waals surface area contributed by atoms with Gasteiger partial charge in [-0.05, 0) is 43.2 Å². The van der Waals surface area contributed by atoms with E-state index in [9.17, 15) is 4.79 Å². The lowest BCUT2D eigenvalue weighted by molar-refractivity contribution is -0.121. The smallest absolute Gasteiger partial charge is 0.224 e. The normalized spacial score (nSPS) is 23.3. The van der Waals surface area contributed by atoms with Crippen LogP contribution in [0.1, 0.15) is 37.7 Å². The average molecular weight is 245 g/mol. The van der Waals surface area contributed by atoms with Gasteiger partial charge < -0.3 is 10.3 Å². The van der Waals surface area contributed by atoms with Crippen LogP contribution in [0, 0.1) is 17.2 Å². The van der Waals surface area contributed by atoms with E-state index in [1.807, 2.05) is 18.5 Å². The third-order valence-corrected chi connectivity index (χ3v) is 3.62. The molecule has 1 aliphatic rings. The Bertz CT molecular complexity index is 411. The molecule has 0 spiro atoms. The van der Waals surface area contributed by atoms with E-state index in [0.29, 0.717) is 24.8 Å². The Morgan fingerprint density at radius 1 is 1.44 bits per heavy atom. The van der Waals surface area contributed by atoms with Crippen molar-refractivity contribution in [1.82, 2.24) is 10.3 Å². The number of amides is 1. The number of hydrogen-bond acceptors (Lipinski definition) is 2. The van der Waals surface area contributed by atoms with E-state index in [1.54, 1.807) is 0 Å². The van der Waals surface area contributed by atoms with E-state index in [0.717, 1.165) is 31.2 Å². The van der Waals surface area contributed by atoms with E-state index in [2.05, 4.69) is 16.4 Å². The van der Waals surface area contributed by atoms with Gasteiger partial charge in [0.15, 0.2) is 0 Å². The molecule has 18 heavy (non-hydrogen) atoms. The molecular formula is C14H19N3O. The number of nitrogens with one attached hydrogen (secondary N) is 2. The standard InChI is InChI=1S/C14H19N3O/c15-7-5-11-1-3-13(4-2-11)17-14(18)9-12-6-8-16-10-12/h6,8,10-11,13,16H,1-5,9H2,(H,17,18). The highest BCUT2D eigenvalue weighted by atomic mass is 16.1. The Hall–Kier alpha value is -1.76. The quantitative estimate of drug-likeness (QED) is 0.853. The van der Waals surface area contributed by atoms with E-state index < -0.39 is 0 Å². The van der Waals surface area contributed by atoms with Crippen LogP contribution in [-0.4, -0.2) is 16.9 Å². The molecule has 0 aliphatic heterocycles. The van der Waals surface area contributed by atoms with Gasteiger partial charge in [0.2, 0.25) is 5.91 Å². The van der Waals surface area contributed by atoms with Crippen LogP contribution in [0.25, 0.3) is 0 Å². The van der Waals surface area contributed by atoms with Gasteiger partial charge in [-0.25, -0.2) is 0 Å². The van der Waals surface area contributed by atoms with Crippen LogP contribution in [0.5, 0.6) is 0 Å². The molecule has 1 amide bonds. The number of aromatic nitrogens is 1. The predicted molar refractivity (Wildman–Crippen MR) is 68.6 cm³/mol. The molecule has 0 atom stereocenters. The first-order valence-corrected chi connectivity index (χ1v) is 6.56. The molecule has 0 aromatic carbocycles. The molecule has 4 nitrogen and oxygen atoms in total. The van der Waals surface area contributed by atoms with Crippen molar-refractivity contribution in [3.05, 3.63) is 24.0 Å². The summed E-state index contributed by atoms with van der Waals surface area (Å²) in [4.78, 5) is 14.8. The van der Waals surface area contributed by atoms with Gasteiger partial charge in [0, 0.05) is 24.9 Å². The fraction of sp³-hybridized carbons (Fsp3) is 0.571. The maximum Gasteiger partial charge on any atom is 0.224 e. The average Bonchev–Trinajstić information content (AvgIpc) is 2.84. The molecule has 1 aliphatic carbocycles. The third kappa shape index (κ3) is 3.63. The molecular weight excluding hydrogens is 226 g/mol. The number of nitriles is 1. The zero-order valence-electron chi connectivity index (χ0n) is 10.5. The lowest BCUT2D eigenvalue weighted by Gasteiger charge is -2.27. The van der Waals surface area contributed by atoms with E-state index in [-0.39, 0.29) is 5.91 Å². The minimum absolute atomic E-state index is 0.0957. The zero-order valence-corrected chi connectivity index (χ0v) is 10.5. The minimum atomic E-state index is 0.0957. The fourth-order valence-corrected chi connectivity index (χ4v) is 2.57.